The van der Waals surface area contributed by atoms with Gasteiger partial charge in [-0.15, -0.1) is 0 Å². The molecule has 0 amide bonds. The van der Waals surface area contributed by atoms with Crippen molar-refractivity contribution >= 4 is 17.1 Å². The molecule has 0 bridgehead atoms. The van der Waals surface area contributed by atoms with Crippen LogP contribution in [0.4, 0.5) is 5.95 Å². The van der Waals surface area contributed by atoms with Gasteiger partial charge in [0.1, 0.15) is 6.33 Å². The Morgan fingerprint density at radius 2 is 2.22 bits per heavy atom. The SMILES string of the molecule is CCOCCCn1c(N)nc2c(OC)ncnc21. The molecule has 0 aliphatic heterocycles. The number of aryl methyl sites for hydroxylation is 1. The van der Waals surface area contributed by atoms with Gasteiger partial charge < -0.3 is 15.2 Å². The Kier molecular flexibility index (Phi) is 3.93. The third-order valence-electron chi connectivity index (χ3n) is 2.60. The minimum absolute atomic E-state index is 0.417. The second-order valence-corrected chi connectivity index (χ2v) is 3.73. The Morgan fingerprint density at radius 3 is 2.94 bits per heavy atom. The molecule has 0 unspecified atom stereocenters. The molecule has 0 aromatic carbocycles. The first-order valence-corrected chi connectivity index (χ1v) is 5.86. The van der Waals surface area contributed by atoms with Crippen LogP contribution in [0.1, 0.15) is 13.3 Å². The molecule has 7 nitrogen and oxygen atoms in total. The first kappa shape index (κ1) is 12.6. The van der Waals surface area contributed by atoms with E-state index in [4.69, 9.17) is 15.2 Å². The number of imidazole rings is 1. The summed E-state index contributed by atoms with van der Waals surface area (Å²) in [6, 6.07) is 0. The van der Waals surface area contributed by atoms with E-state index >= 15 is 0 Å². The Morgan fingerprint density at radius 1 is 1.39 bits per heavy atom. The van der Waals surface area contributed by atoms with Gasteiger partial charge in [0.15, 0.2) is 11.2 Å². The summed E-state index contributed by atoms with van der Waals surface area (Å²) in [5.74, 6) is 0.857. The lowest BCUT2D eigenvalue weighted by atomic mass is 10.4. The van der Waals surface area contributed by atoms with Gasteiger partial charge in [-0.3, -0.25) is 4.57 Å². The highest BCUT2D eigenvalue weighted by Crippen LogP contribution is 2.22. The number of fused-ring (bicyclic) bond motifs is 1. The van der Waals surface area contributed by atoms with Crippen molar-refractivity contribution in [3.63, 3.8) is 0 Å². The molecule has 2 N–H and O–H groups in total. The predicted octanol–water partition coefficient (Wildman–Crippen LogP) is 0.844. The summed E-state index contributed by atoms with van der Waals surface area (Å²) in [6.45, 7) is 4.09. The maximum atomic E-state index is 5.88. The van der Waals surface area contributed by atoms with Gasteiger partial charge in [-0.25, -0.2) is 9.97 Å². The zero-order chi connectivity index (χ0) is 13.0. The molecule has 0 saturated carbocycles. The topological polar surface area (TPSA) is 88.1 Å². The van der Waals surface area contributed by atoms with Crippen molar-refractivity contribution in [2.45, 2.75) is 19.9 Å². The number of nitrogens with two attached hydrogens (primary N) is 1. The monoisotopic (exact) mass is 251 g/mol. The van der Waals surface area contributed by atoms with Crippen molar-refractivity contribution in [3.8, 4) is 5.88 Å². The lowest BCUT2D eigenvalue weighted by Crippen LogP contribution is -2.07. The predicted molar refractivity (Wildman–Crippen MR) is 67.4 cm³/mol. The first-order valence-electron chi connectivity index (χ1n) is 5.86. The third-order valence-corrected chi connectivity index (χ3v) is 2.60. The maximum Gasteiger partial charge on any atom is 0.245 e. The van der Waals surface area contributed by atoms with Crippen LogP contribution in [0.15, 0.2) is 6.33 Å². The molecule has 0 saturated heterocycles. The maximum absolute atomic E-state index is 5.88. The minimum Gasteiger partial charge on any atom is -0.479 e. The van der Waals surface area contributed by atoms with E-state index in [1.54, 1.807) is 7.11 Å². The molecular formula is C11H17N5O2. The largest absolute Gasteiger partial charge is 0.479 e. The van der Waals surface area contributed by atoms with Gasteiger partial charge in [-0.2, -0.15) is 4.98 Å². The second-order valence-electron chi connectivity index (χ2n) is 3.73. The van der Waals surface area contributed by atoms with Gasteiger partial charge in [0, 0.05) is 19.8 Å². The number of nitrogens with zero attached hydrogens (tertiary/aromatic N) is 4. The normalized spacial score (nSPS) is 11.0. The summed E-state index contributed by atoms with van der Waals surface area (Å²) in [5.41, 5.74) is 7.16. The van der Waals surface area contributed by atoms with Crippen LogP contribution in [0, 0.1) is 0 Å². The molecule has 0 spiro atoms. The standard InChI is InChI=1S/C11H17N5O2/c1-3-18-6-4-5-16-9-8(15-11(16)12)10(17-2)14-7-13-9/h7H,3-6H2,1-2H3,(H2,12,15). The van der Waals surface area contributed by atoms with Crippen molar-refractivity contribution < 1.29 is 9.47 Å². The van der Waals surface area contributed by atoms with E-state index in [9.17, 15) is 0 Å². The highest BCUT2D eigenvalue weighted by Gasteiger charge is 2.13. The molecule has 18 heavy (non-hydrogen) atoms. The van der Waals surface area contributed by atoms with E-state index in [0.29, 0.717) is 36.1 Å². The smallest absolute Gasteiger partial charge is 0.245 e. The molecule has 2 aromatic heterocycles. The Balaban J connectivity index is 2.24. The molecule has 7 heteroatoms. The zero-order valence-corrected chi connectivity index (χ0v) is 10.6. The van der Waals surface area contributed by atoms with E-state index in [0.717, 1.165) is 13.0 Å². The molecule has 2 aromatic rings. The number of hydrogen-bond donors (Lipinski definition) is 1. The number of anilines is 1. The molecular weight excluding hydrogens is 234 g/mol. The molecule has 0 fully saturated rings. The van der Waals surface area contributed by atoms with Crippen molar-refractivity contribution in [3.05, 3.63) is 6.33 Å². The van der Waals surface area contributed by atoms with Gasteiger partial charge in [0.25, 0.3) is 0 Å². The van der Waals surface area contributed by atoms with Crippen LogP contribution in [0.25, 0.3) is 11.2 Å². The number of nitrogen functional groups attached to an aromatic ring is 1. The molecule has 0 aliphatic rings. The van der Waals surface area contributed by atoms with Crippen LogP contribution in [0.2, 0.25) is 0 Å². The number of methoxy groups -OCH3 is 1. The van der Waals surface area contributed by atoms with Gasteiger partial charge >= 0.3 is 0 Å². The van der Waals surface area contributed by atoms with Crippen LogP contribution < -0.4 is 10.5 Å². The molecule has 2 rings (SSSR count). The molecule has 0 radical (unpaired) electrons. The van der Waals surface area contributed by atoms with E-state index < -0.39 is 0 Å². The summed E-state index contributed by atoms with van der Waals surface area (Å²) in [4.78, 5) is 12.4. The number of rotatable bonds is 6. The Labute approximate surface area is 105 Å². The van der Waals surface area contributed by atoms with Gasteiger partial charge in [0.2, 0.25) is 11.8 Å². The highest BCUT2D eigenvalue weighted by molar-refractivity contribution is 5.78. The van der Waals surface area contributed by atoms with Crippen molar-refractivity contribution in [2.24, 2.45) is 0 Å². The minimum atomic E-state index is 0.417. The third kappa shape index (κ3) is 2.35. The van der Waals surface area contributed by atoms with Gasteiger partial charge in [-0.1, -0.05) is 0 Å². The number of hydrogen-bond acceptors (Lipinski definition) is 6. The Bertz CT molecular complexity index is 525. The Hall–Kier alpha value is -1.89. The van der Waals surface area contributed by atoms with Crippen LogP contribution in [-0.4, -0.2) is 39.8 Å². The molecule has 0 aliphatic carbocycles. The fourth-order valence-corrected chi connectivity index (χ4v) is 1.77. The van der Waals surface area contributed by atoms with Crippen molar-refractivity contribution in [2.75, 3.05) is 26.1 Å². The lowest BCUT2D eigenvalue weighted by Gasteiger charge is -2.05. The van der Waals surface area contributed by atoms with Crippen molar-refractivity contribution in [1.82, 2.24) is 19.5 Å². The summed E-state index contributed by atoms with van der Waals surface area (Å²) in [6.07, 6.45) is 2.30. The van der Waals surface area contributed by atoms with E-state index in [-0.39, 0.29) is 0 Å². The van der Waals surface area contributed by atoms with E-state index in [1.807, 2.05) is 11.5 Å². The quantitative estimate of drug-likeness (QED) is 0.765. The number of ether oxygens (including phenoxy) is 2. The number of aromatic nitrogens is 4. The summed E-state index contributed by atoms with van der Waals surface area (Å²) in [5, 5.41) is 0. The van der Waals surface area contributed by atoms with Crippen molar-refractivity contribution in [1.29, 1.82) is 0 Å². The summed E-state index contributed by atoms with van der Waals surface area (Å²) < 4.78 is 12.3. The summed E-state index contributed by atoms with van der Waals surface area (Å²) in [7, 11) is 1.55. The van der Waals surface area contributed by atoms with Crippen LogP contribution in [0.5, 0.6) is 5.88 Å². The second kappa shape index (κ2) is 5.63. The van der Waals surface area contributed by atoms with E-state index in [2.05, 4.69) is 15.0 Å². The average Bonchev–Trinajstić information content (AvgIpc) is 2.70. The molecule has 98 valence electrons. The van der Waals surface area contributed by atoms with Crippen LogP contribution in [0.3, 0.4) is 0 Å². The van der Waals surface area contributed by atoms with E-state index in [1.165, 1.54) is 6.33 Å². The average molecular weight is 251 g/mol. The summed E-state index contributed by atoms with van der Waals surface area (Å²) >= 11 is 0. The van der Waals surface area contributed by atoms with Crippen LogP contribution >= 0.6 is 0 Å². The van der Waals surface area contributed by atoms with Gasteiger partial charge in [0.05, 0.1) is 7.11 Å². The highest BCUT2D eigenvalue weighted by atomic mass is 16.5. The zero-order valence-electron chi connectivity index (χ0n) is 10.6. The molecule has 0 atom stereocenters. The molecule has 2 heterocycles. The lowest BCUT2D eigenvalue weighted by molar-refractivity contribution is 0.142. The fraction of sp³-hybridized carbons (Fsp3) is 0.545. The first-order chi connectivity index (χ1) is 8.77. The van der Waals surface area contributed by atoms with Gasteiger partial charge in [-0.05, 0) is 13.3 Å². The fourth-order valence-electron chi connectivity index (χ4n) is 1.77. The van der Waals surface area contributed by atoms with Crippen LogP contribution in [-0.2, 0) is 11.3 Å².